The molecule has 1 amide bonds. The van der Waals surface area contributed by atoms with Gasteiger partial charge in [0, 0.05) is 26.6 Å². The number of hydrogen-bond donors (Lipinski definition) is 0. The van der Waals surface area contributed by atoms with Gasteiger partial charge >= 0.3 is 0 Å². The summed E-state index contributed by atoms with van der Waals surface area (Å²) in [6.45, 7) is 5.60. The molecule has 0 N–H and O–H groups in total. The number of oxime groups is 1. The molecule has 0 aliphatic carbocycles. The summed E-state index contributed by atoms with van der Waals surface area (Å²) in [5.74, 6) is 0.309. The number of nitrogens with zero attached hydrogens (tertiary/aromatic N) is 3. The Bertz CT molecular complexity index is 581. The van der Waals surface area contributed by atoms with Gasteiger partial charge < -0.3 is 14.6 Å². The number of likely N-dealkylation sites (N-methyl/N-ethyl adjacent to an activating group) is 1. The van der Waals surface area contributed by atoms with Crippen molar-refractivity contribution in [3.8, 4) is 0 Å². The van der Waals surface area contributed by atoms with Gasteiger partial charge in [-0.2, -0.15) is 0 Å². The van der Waals surface area contributed by atoms with Gasteiger partial charge in [-0.3, -0.25) is 4.79 Å². The maximum atomic E-state index is 12.5. The minimum absolute atomic E-state index is 0.0117. The van der Waals surface area contributed by atoms with Gasteiger partial charge in [0.25, 0.3) is 5.91 Å². The number of carbonyl (C=O) groups excluding carboxylic acids is 1. The third kappa shape index (κ3) is 4.79. The minimum Gasteiger partial charge on any atom is -0.382 e. The number of hydrogen-bond acceptors (Lipinski definition) is 4. The minimum atomic E-state index is -0.470. The summed E-state index contributed by atoms with van der Waals surface area (Å²) < 4.78 is 0. The number of benzene rings is 1. The standard InChI is InChI=1S/C18H27N3O2/c1-13(2)16-10-17(23-19-16)18(22)21(5)12-15-8-6-7-14(9-15)11-20(3)4/h6-9,13,17H,10-12H2,1-5H3/t17-/m0/s1. The first kappa shape index (κ1) is 17.5. The zero-order chi connectivity index (χ0) is 17.0. The van der Waals surface area contributed by atoms with Crippen LogP contribution in [0.2, 0.25) is 0 Å². The van der Waals surface area contributed by atoms with Crippen molar-refractivity contribution in [3.05, 3.63) is 35.4 Å². The van der Waals surface area contributed by atoms with E-state index in [-0.39, 0.29) is 5.91 Å². The van der Waals surface area contributed by atoms with Gasteiger partial charge in [-0.25, -0.2) is 0 Å². The second-order valence-corrected chi connectivity index (χ2v) is 6.79. The normalized spacial score (nSPS) is 17.3. The van der Waals surface area contributed by atoms with Gasteiger partial charge in [0.15, 0.2) is 0 Å². The largest absolute Gasteiger partial charge is 0.382 e. The Morgan fingerprint density at radius 2 is 1.91 bits per heavy atom. The summed E-state index contributed by atoms with van der Waals surface area (Å²) in [6.07, 6.45) is 0.129. The van der Waals surface area contributed by atoms with Crippen LogP contribution in [0.4, 0.5) is 0 Å². The summed E-state index contributed by atoms with van der Waals surface area (Å²) >= 11 is 0. The maximum Gasteiger partial charge on any atom is 0.266 e. The average Bonchev–Trinajstić information content (AvgIpc) is 2.96. The Morgan fingerprint density at radius 1 is 1.26 bits per heavy atom. The van der Waals surface area contributed by atoms with Crippen molar-refractivity contribution < 1.29 is 9.63 Å². The first-order valence-electron chi connectivity index (χ1n) is 8.07. The molecule has 1 aliphatic rings. The van der Waals surface area contributed by atoms with Crippen LogP contribution in [0.3, 0.4) is 0 Å². The topological polar surface area (TPSA) is 45.1 Å². The van der Waals surface area contributed by atoms with Crippen molar-refractivity contribution in [2.24, 2.45) is 11.1 Å². The van der Waals surface area contributed by atoms with Gasteiger partial charge in [0.2, 0.25) is 6.10 Å². The molecule has 5 heteroatoms. The lowest BCUT2D eigenvalue weighted by atomic mass is 10.0. The van der Waals surface area contributed by atoms with Crippen LogP contribution in [-0.4, -0.2) is 48.7 Å². The number of amides is 1. The maximum absolute atomic E-state index is 12.5. The highest BCUT2D eigenvalue weighted by molar-refractivity contribution is 5.93. The quantitative estimate of drug-likeness (QED) is 0.810. The third-order valence-corrected chi connectivity index (χ3v) is 3.92. The zero-order valence-corrected chi connectivity index (χ0v) is 14.7. The highest BCUT2D eigenvalue weighted by Crippen LogP contribution is 2.18. The van der Waals surface area contributed by atoms with Gasteiger partial charge in [-0.15, -0.1) is 0 Å². The predicted molar refractivity (Wildman–Crippen MR) is 92.1 cm³/mol. The molecule has 0 saturated heterocycles. The van der Waals surface area contributed by atoms with Gasteiger partial charge in [0.1, 0.15) is 0 Å². The second kappa shape index (κ2) is 7.59. The molecule has 1 aromatic carbocycles. The molecular formula is C18H27N3O2. The molecule has 0 radical (unpaired) electrons. The van der Waals surface area contributed by atoms with Crippen LogP contribution in [0, 0.1) is 5.92 Å². The fraction of sp³-hybridized carbons (Fsp3) is 0.556. The van der Waals surface area contributed by atoms with E-state index in [4.69, 9.17) is 4.84 Å². The van der Waals surface area contributed by atoms with Crippen LogP contribution >= 0.6 is 0 Å². The summed E-state index contributed by atoms with van der Waals surface area (Å²) in [5.41, 5.74) is 3.34. The molecule has 0 unspecified atom stereocenters. The van der Waals surface area contributed by atoms with Crippen LogP contribution < -0.4 is 0 Å². The van der Waals surface area contributed by atoms with Gasteiger partial charge in [0.05, 0.1) is 5.71 Å². The molecule has 1 aromatic rings. The van der Waals surface area contributed by atoms with Crippen molar-refractivity contribution in [1.82, 2.24) is 9.80 Å². The molecule has 0 fully saturated rings. The van der Waals surface area contributed by atoms with Crippen molar-refractivity contribution in [3.63, 3.8) is 0 Å². The number of carbonyl (C=O) groups is 1. The summed E-state index contributed by atoms with van der Waals surface area (Å²) in [5, 5.41) is 4.04. The van der Waals surface area contributed by atoms with E-state index < -0.39 is 6.10 Å². The molecular weight excluding hydrogens is 290 g/mol. The average molecular weight is 317 g/mol. The first-order valence-corrected chi connectivity index (χ1v) is 8.07. The van der Waals surface area contributed by atoms with Gasteiger partial charge in [-0.05, 0) is 31.1 Å². The Kier molecular flexibility index (Phi) is 5.77. The molecule has 2 rings (SSSR count). The molecule has 0 aromatic heterocycles. The van der Waals surface area contributed by atoms with Crippen molar-refractivity contribution in [2.75, 3.05) is 21.1 Å². The van der Waals surface area contributed by atoms with Crippen LogP contribution in [0.5, 0.6) is 0 Å². The Balaban J connectivity index is 1.94. The predicted octanol–water partition coefficient (Wildman–Crippen LogP) is 2.51. The fourth-order valence-corrected chi connectivity index (χ4v) is 2.66. The molecule has 1 atom stereocenters. The highest BCUT2D eigenvalue weighted by atomic mass is 16.6. The molecule has 0 saturated carbocycles. The van der Waals surface area contributed by atoms with Crippen LogP contribution in [0.15, 0.2) is 29.4 Å². The molecule has 1 aliphatic heterocycles. The van der Waals surface area contributed by atoms with Crippen molar-refractivity contribution >= 4 is 11.6 Å². The lowest BCUT2D eigenvalue weighted by Gasteiger charge is -2.20. The van der Waals surface area contributed by atoms with Crippen LogP contribution in [0.25, 0.3) is 0 Å². The van der Waals surface area contributed by atoms with E-state index in [0.717, 1.165) is 17.8 Å². The zero-order valence-electron chi connectivity index (χ0n) is 14.7. The smallest absolute Gasteiger partial charge is 0.266 e. The van der Waals surface area contributed by atoms with E-state index in [2.05, 4.69) is 42.1 Å². The monoisotopic (exact) mass is 317 g/mol. The Labute approximate surface area is 138 Å². The Morgan fingerprint density at radius 3 is 2.48 bits per heavy atom. The lowest BCUT2D eigenvalue weighted by Crippen LogP contribution is -2.36. The summed E-state index contributed by atoms with van der Waals surface area (Å²) in [6, 6.07) is 8.34. The highest BCUT2D eigenvalue weighted by Gasteiger charge is 2.31. The van der Waals surface area contributed by atoms with E-state index in [1.54, 1.807) is 4.90 Å². The first-order chi connectivity index (χ1) is 10.9. The summed E-state index contributed by atoms with van der Waals surface area (Å²) in [4.78, 5) is 21.7. The van der Waals surface area contributed by atoms with Crippen molar-refractivity contribution in [2.45, 2.75) is 39.5 Å². The fourth-order valence-electron chi connectivity index (χ4n) is 2.66. The number of rotatable bonds is 6. The van der Waals surface area contributed by atoms with E-state index in [0.29, 0.717) is 18.9 Å². The molecule has 5 nitrogen and oxygen atoms in total. The van der Waals surface area contributed by atoms with Crippen LogP contribution in [0.1, 0.15) is 31.4 Å². The summed E-state index contributed by atoms with van der Waals surface area (Å²) in [7, 11) is 5.91. The Hall–Kier alpha value is -1.88. The van der Waals surface area contributed by atoms with E-state index in [1.807, 2.05) is 27.2 Å². The second-order valence-electron chi connectivity index (χ2n) is 6.79. The SMILES string of the molecule is CC(C)C1=NO[C@H](C(=O)N(C)Cc2cccc(CN(C)C)c2)C1. The van der Waals surface area contributed by atoms with E-state index in [1.165, 1.54) is 5.56 Å². The third-order valence-electron chi connectivity index (χ3n) is 3.92. The van der Waals surface area contributed by atoms with Gasteiger partial charge in [-0.1, -0.05) is 43.3 Å². The van der Waals surface area contributed by atoms with Crippen molar-refractivity contribution in [1.29, 1.82) is 0 Å². The van der Waals surface area contributed by atoms with E-state index in [9.17, 15) is 4.79 Å². The van der Waals surface area contributed by atoms with Crippen LogP contribution in [-0.2, 0) is 22.7 Å². The van der Waals surface area contributed by atoms with E-state index >= 15 is 0 Å². The molecule has 0 bridgehead atoms. The molecule has 23 heavy (non-hydrogen) atoms. The lowest BCUT2D eigenvalue weighted by molar-refractivity contribution is -0.141. The molecule has 1 heterocycles. The molecule has 0 spiro atoms. The molecule has 126 valence electrons.